The van der Waals surface area contributed by atoms with Gasteiger partial charge in [-0.15, -0.1) is 0 Å². The van der Waals surface area contributed by atoms with E-state index in [0.717, 1.165) is 0 Å². The molecule has 1 aromatic rings. The van der Waals surface area contributed by atoms with E-state index in [2.05, 4.69) is 0 Å². The van der Waals surface area contributed by atoms with Crippen LogP contribution in [-0.2, 0) is 4.74 Å². The predicted molar refractivity (Wildman–Crippen MR) is 57.2 cm³/mol. The van der Waals surface area contributed by atoms with Gasteiger partial charge in [-0.25, -0.2) is 4.79 Å². The highest BCUT2D eigenvalue weighted by Gasteiger charge is 2.20. The quantitative estimate of drug-likeness (QED) is 0.790. The number of hydrogen-bond acceptors (Lipinski definition) is 5. The van der Waals surface area contributed by atoms with Gasteiger partial charge >= 0.3 is 5.97 Å². The number of ether oxygens (including phenoxy) is 3. The molecule has 5 nitrogen and oxygen atoms in total. The number of phenols is 1. The summed E-state index contributed by atoms with van der Waals surface area (Å²) < 4.78 is 14.9. The molecule has 0 saturated heterocycles. The van der Waals surface area contributed by atoms with Gasteiger partial charge < -0.3 is 19.3 Å². The maximum atomic E-state index is 11.7. The van der Waals surface area contributed by atoms with E-state index in [4.69, 9.17) is 14.2 Å². The second kappa shape index (κ2) is 5.25. The fourth-order valence-electron chi connectivity index (χ4n) is 1.30. The molecule has 1 rings (SSSR count). The molecule has 16 heavy (non-hydrogen) atoms. The van der Waals surface area contributed by atoms with Crippen molar-refractivity contribution in [2.75, 3.05) is 20.8 Å². The topological polar surface area (TPSA) is 65.0 Å². The Labute approximate surface area is 93.6 Å². The molecule has 5 heteroatoms. The fraction of sp³-hybridized carbons (Fsp3) is 0.364. The van der Waals surface area contributed by atoms with Gasteiger partial charge in [-0.05, 0) is 6.92 Å². The first-order chi connectivity index (χ1) is 7.63. The first-order valence-electron chi connectivity index (χ1n) is 4.76. The third-order valence-corrected chi connectivity index (χ3v) is 1.97. The van der Waals surface area contributed by atoms with E-state index in [9.17, 15) is 9.90 Å². The van der Waals surface area contributed by atoms with Gasteiger partial charge in [-0.2, -0.15) is 0 Å². The number of carbonyl (C=O) groups excluding carboxylic acids is 1. The van der Waals surface area contributed by atoms with Crippen molar-refractivity contribution in [3.8, 4) is 17.2 Å². The maximum Gasteiger partial charge on any atom is 0.345 e. The summed E-state index contributed by atoms with van der Waals surface area (Å²) in [7, 11) is 2.80. The van der Waals surface area contributed by atoms with Gasteiger partial charge in [0.25, 0.3) is 0 Å². The van der Waals surface area contributed by atoms with Gasteiger partial charge in [0.1, 0.15) is 22.8 Å². The lowest BCUT2D eigenvalue weighted by molar-refractivity contribution is 0.0519. The van der Waals surface area contributed by atoms with Crippen molar-refractivity contribution >= 4 is 5.97 Å². The van der Waals surface area contributed by atoms with Crippen molar-refractivity contribution in [2.24, 2.45) is 0 Å². The van der Waals surface area contributed by atoms with Crippen molar-refractivity contribution in [1.29, 1.82) is 0 Å². The smallest absolute Gasteiger partial charge is 0.345 e. The van der Waals surface area contributed by atoms with Crippen molar-refractivity contribution in [3.63, 3.8) is 0 Å². The van der Waals surface area contributed by atoms with Crippen LogP contribution in [0.2, 0.25) is 0 Å². The predicted octanol–water partition coefficient (Wildman–Crippen LogP) is 1.59. The van der Waals surface area contributed by atoms with E-state index in [-0.39, 0.29) is 29.4 Å². The van der Waals surface area contributed by atoms with E-state index in [1.165, 1.54) is 26.4 Å². The van der Waals surface area contributed by atoms with Crippen LogP contribution in [-0.4, -0.2) is 31.9 Å². The zero-order valence-corrected chi connectivity index (χ0v) is 9.44. The minimum Gasteiger partial charge on any atom is -0.508 e. The summed E-state index contributed by atoms with van der Waals surface area (Å²) in [6.07, 6.45) is 0. The number of carbonyl (C=O) groups is 1. The number of hydrogen-bond donors (Lipinski definition) is 1. The van der Waals surface area contributed by atoms with E-state index in [0.29, 0.717) is 0 Å². The third-order valence-electron chi connectivity index (χ3n) is 1.97. The van der Waals surface area contributed by atoms with Crippen molar-refractivity contribution in [2.45, 2.75) is 6.92 Å². The summed E-state index contributed by atoms with van der Waals surface area (Å²) >= 11 is 0. The SMILES string of the molecule is CCOC(=O)c1c(OC)cc(O)cc1OC. The van der Waals surface area contributed by atoms with Crippen LogP contribution >= 0.6 is 0 Å². The first-order valence-corrected chi connectivity index (χ1v) is 4.76. The molecule has 0 aliphatic heterocycles. The Hall–Kier alpha value is -1.91. The summed E-state index contributed by atoms with van der Waals surface area (Å²) in [5.74, 6) is -0.149. The largest absolute Gasteiger partial charge is 0.508 e. The third kappa shape index (κ3) is 2.36. The van der Waals surface area contributed by atoms with Crippen LogP contribution in [0.3, 0.4) is 0 Å². The molecule has 0 saturated carbocycles. The molecule has 0 aromatic heterocycles. The molecule has 0 atom stereocenters. The Kier molecular flexibility index (Phi) is 3.99. The Balaban J connectivity index is 3.27. The Morgan fingerprint density at radius 1 is 1.25 bits per heavy atom. The van der Waals surface area contributed by atoms with Gasteiger partial charge in [0.05, 0.1) is 20.8 Å². The monoisotopic (exact) mass is 226 g/mol. The second-order valence-corrected chi connectivity index (χ2v) is 2.95. The normalized spacial score (nSPS) is 9.69. The van der Waals surface area contributed by atoms with E-state index >= 15 is 0 Å². The van der Waals surface area contributed by atoms with Crippen LogP contribution in [0.25, 0.3) is 0 Å². The fourth-order valence-corrected chi connectivity index (χ4v) is 1.30. The molecule has 0 radical (unpaired) electrons. The van der Waals surface area contributed by atoms with Gasteiger partial charge in [0.15, 0.2) is 0 Å². The summed E-state index contributed by atoms with van der Waals surface area (Å²) in [6, 6.07) is 2.66. The van der Waals surface area contributed by atoms with Crippen LogP contribution < -0.4 is 9.47 Å². The van der Waals surface area contributed by atoms with Crippen LogP contribution in [0.4, 0.5) is 0 Å². The molecule has 0 unspecified atom stereocenters. The average Bonchev–Trinajstić information content (AvgIpc) is 2.27. The molecular formula is C11H14O5. The summed E-state index contributed by atoms with van der Waals surface area (Å²) in [5.41, 5.74) is 0.171. The summed E-state index contributed by atoms with van der Waals surface area (Å²) in [5, 5.41) is 9.38. The second-order valence-electron chi connectivity index (χ2n) is 2.95. The Bertz CT molecular complexity index is 361. The number of esters is 1. The van der Waals surface area contributed by atoms with Gasteiger partial charge in [-0.3, -0.25) is 0 Å². The number of benzene rings is 1. The molecule has 88 valence electrons. The standard InChI is InChI=1S/C11H14O5/c1-4-16-11(13)10-8(14-2)5-7(12)6-9(10)15-3/h5-6,12H,4H2,1-3H3. The summed E-state index contributed by atoms with van der Waals surface area (Å²) in [6.45, 7) is 1.96. The van der Waals surface area contributed by atoms with Crippen molar-refractivity contribution in [1.82, 2.24) is 0 Å². The van der Waals surface area contributed by atoms with Crippen molar-refractivity contribution < 1.29 is 24.1 Å². The van der Waals surface area contributed by atoms with Crippen LogP contribution in [0, 0.1) is 0 Å². The number of aromatic hydroxyl groups is 1. The van der Waals surface area contributed by atoms with E-state index in [1.54, 1.807) is 6.92 Å². The van der Waals surface area contributed by atoms with Crippen LogP contribution in [0.15, 0.2) is 12.1 Å². The Morgan fingerprint density at radius 3 is 2.12 bits per heavy atom. The highest BCUT2D eigenvalue weighted by molar-refractivity contribution is 5.96. The lowest BCUT2D eigenvalue weighted by Crippen LogP contribution is -2.08. The van der Waals surface area contributed by atoms with Crippen LogP contribution in [0.5, 0.6) is 17.2 Å². The minimum absolute atomic E-state index is 0.0400. The minimum atomic E-state index is -0.545. The van der Waals surface area contributed by atoms with Crippen molar-refractivity contribution in [3.05, 3.63) is 17.7 Å². The molecule has 0 bridgehead atoms. The molecule has 0 amide bonds. The lowest BCUT2D eigenvalue weighted by atomic mass is 10.1. The number of rotatable bonds is 4. The van der Waals surface area contributed by atoms with Crippen LogP contribution in [0.1, 0.15) is 17.3 Å². The number of methoxy groups -OCH3 is 2. The summed E-state index contributed by atoms with van der Waals surface area (Å²) in [4.78, 5) is 11.7. The molecule has 1 N–H and O–H groups in total. The molecule has 0 aliphatic carbocycles. The molecule has 0 heterocycles. The number of phenolic OH excluding ortho intramolecular Hbond substituents is 1. The highest BCUT2D eigenvalue weighted by atomic mass is 16.5. The maximum absolute atomic E-state index is 11.7. The zero-order valence-electron chi connectivity index (χ0n) is 9.44. The molecule has 1 aromatic carbocycles. The molecular weight excluding hydrogens is 212 g/mol. The lowest BCUT2D eigenvalue weighted by Gasteiger charge is -2.12. The molecule has 0 fully saturated rings. The Morgan fingerprint density at radius 2 is 1.75 bits per heavy atom. The van der Waals surface area contributed by atoms with Gasteiger partial charge in [-0.1, -0.05) is 0 Å². The molecule has 0 aliphatic rings. The van der Waals surface area contributed by atoms with Gasteiger partial charge in [0, 0.05) is 12.1 Å². The van der Waals surface area contributed by atoms with E-state index in [1.807, 2.05) is 0 Å². The zero-order chi connectivity index (χ0) is 12.1. The first kappa shape index (κ1) is 12.2. The highest BCUT2D eigenvalue weighted by Crippen LogP contribution is 2.33. The average molecular weight is 226 g/mol. The van der Waals surface area contributed by atoms with E-state index < -0.39 is 5.97 Å². The molecule has 0 spiro atoms. The van der Waals surface area contributed by atoms with Gasteiger partial charge in [0.2, 0.25) is 0 Å².